The molecular formula is C14H19N3O5S. The molecule has 0 radical (unpaired) electrons. The van der Waals surface area contributed by atoms with Crippen LogP contribution in [0.25, 0.3) is 0 Å². The molecule has 0 aliphatic rings. The highest BCUT2D eigenvalue weighted by atomic mass is 32.2. The molecular weight excluding hydrogens is 322 g/mol. The first kappa shape index (κ1) is 17.1. The van der Waals surface area contributed by atoms with Crippen molar-refractivity contribution in [2.45, 2.75) is 32.6 Å². The van der Waals surface area contributed by atoms with Gasteiger partial charge in [-0.3, -0.25) is 9.40 Å². The van der Waals surface area contributed by atoms with Gasteiger partial charge in [0.25, 0.3) is 10.0 Å². The number of carbonyl (C=O) groups is 1. The Hall–Kier alpha value is -2.29. The third-order valence-electron chi connectivity index (χ3n) is 3.22. The highest BCUT2D eigenvalue weighted by molar-refractivity contribution is 7.92. The van der Waals surface area contributed by atoms with E-state index in [0.717, 1.165) is 0 Å². The van der Waals surface area contributed by atoms with Crippen LogP contribution in [-0.4, -0.2) is 30.8 Å². The molecule has 0 amide bonds. The number of hydrogen-bond acceptors (Lipinski definition) is 6. The van der Waals surface area contributed by atoms with E-state index < -0.39 is 16.0 Å². The minimum Gasteiger partial charge on any atom is -0.465 e. The number of aryl methyl sites for hydroxylation is 4. The standard InChI is InChI=1S/C14H19N3O5S/c1-6-21-14(18)12-9(3)15-17(5)13(12)16-23(19,20)11-7-8(2)22-10(11)4/h7,16H,6H2,1-5H3. The number of nitrogens with one attached hydrogen (secondary N) is 1. The highest BCUT2D eigenvalue weighted by Crippen LogP contribution is 2.26. The van der Waals surface area contributed by atoms with Gasteiger partial charge in [0, 0.05) is 13.1 Å². The van der Waals surface area contributed by atoms with Gasteiger partial charge in [0.05, 0.1) is 12.3 Å². The molecule has 9 heteroatoms. The van der Waals surface area contributed by atoms with Gasteiger partial charge in [-0.15, -0.1) is 0 Å². The van der Waals surface area contributed by atoms with Crippen molar-refractivity contribution in [1.82, 2.24) is 9.78 Å². The van der Waals surface area contributed by atoms with Gasteiger partial charge in [0.1, 0.15) is 22.0 Å². The van der Waals surface area contributed by atoms with Crippen LogP contribution in [0.2, 0.25) is 0 Å². The molecule has 0 aliphatic carbocycles. The van der Waals surface area contributed by atoms with Crippen molar-refractivity contribution in [1.29, 1.82) is 0 Å². The number of aromatic nitrogens is 2. The summed E-state index contributed by atoms with van der Waals surface area (Å²) >= 11 is 0. The summed E-state index contributed by atoms with van der Waals surface area (Å²) < 4.78 is 39.0. The Balaban J connectivity index is 2.48. The number of furan rings is 1. The molecule has 0 saturated heterocycles. The Labute approximate surface area is 134 Å². The Bertz CT molecular complexity index is 848. The van der Waals surface area contributed by atoms with Crippen molar-refractivity contribution in [3.05, 3.63) is 28.8 Å². The number of carbonyl (C=O) groups excluding carboxylic acids is 1. The number of sulfonamides is 1. The number of ether oxygens (including phenoxy) is 1. The van der Waals surface area contributed by atoms with E-state index in [2.05, 4.69) is 9.82 Å². The summed E-state index contributed by atoms with van der Waals surface area (Å²) in [5.41, 5.74) is 0.472. The van der Waals surface area contributed by atoms with Gasteiger partial charge in [-0.05, 0) is 27.7 Å². The fourth-order valence-electron chi connectivity index (χ4n) is 2.28. The average Bonchev–Trinajstić information content (AvgIpc) is 2.90. The van der Waals surface area contributed by atoms with Crippen LogP contribution in [0.3, 0.4) is 0 Å². The lowest BCUT2D eigenvalue weighted by atomic mass is 10.2. The number of hydrogen-bond donors (Lipinski definition) is 1. The largest absolute Gasteiger partial charge is 0.465 e. The van der Waals surface area contributed by atoms with E-state index in [1.165, 1.54) is 10.7 Å². The third-order valence-corrected chi connectivity index (χ3v) is 4.66. The second kappa shape index (κ2) is 6.07. The fraction of sp³-hybridized carbons (Fsp3) is 0.429. The van der Waals surface area contributed by atoms with Gasteiger partial charge in [0.2, 0.25) is 0 Å². The number of anilines is 1. The summed E-state index contributed by atoms with van der Waals surface area (Å²) in [7, 11) is -2.37. The predicted molar refractivity (Wildman–Crippen MR) is 82.9 cm³/mol. The van der Waals surface area contributed by atoms with Crippen molar-refractivity contribution in [2.24, 2.45) is 7.05 Å². The van der Waals surface area contributed by atoms with Crippen molar-refractivity contribution in [3.63, 3.8) is 0 Å². The zero-order valence-electron chi connectivity index (χ0n) is 13.6. The summed E-state index contributed by atoms with van der Waals surface area (Å²) in [6.45, 7) is 6.67. The molecule has 2 aromatic rings. The molecule has 0 fully saturated rings. The molecule has 0 bridgehead atoms. The monoisotopic (exact) mass is 341 g/mol. The zero-order valence-corrected chi connectivity index (χ0v) is 14.4. The Morgan fingerprint density at radius 3 is 2.57 bits per heavy atom. The predicted octanol–water partition coefficient (Wildman–Crippen LogP) is 1.92. The average molecular weight is 341 g/mol. The minimum atomic E-state index is -3.92. The molecule has 2 aromatic heterocycles. The Morgan fingerprint density at radius 2 is 2.04 bits per heavy atom. The van der Waals surface area contributed by atoms with Gasteiger partial charge in [-0.1, -0.05) is 0 Å². The van der Waals surface area contributed by atoms with Crippen LogP contribution in [0.1, 0.15) is 34.5 Å². The van der Waals surface area contributed by atoms with Crippen molar-refractivity contribution < 1.29 is 22.4 Å². The molecule has 2 rings (SSSR count). The molecule has 23 heavy (non-hydrogen) atoms. The van der Waals surface area contributed by atoms with Crippen LogP contribution in [0, 0.1) is 20.8 Å². The molecule has 8 nitrogen and oxygen atoms in total. The van der Waals surface area contributed by atoms with E-state index in [1.54, 1.807) is 34.7 Å². The number of rotatable bonds is 5. The number of nitrogens with zero attached hydrogens (tertiary/aromatic N) is 2. The third kappa shape index (κ3) is 3.24. The Morgan fingerprint density at radius 1 is 1.39 bits per heavy atom. The molecule has 0 spiro atoms. The highest BCUT2D eigenvalue weighted by Gasteiger charge is 2.27. The lowest BCUT2D eigenvalue weighted by molar-refractivity contribution is 0.0526. The fourth-order valence-corrected chi connectivity index (χ4v) is 3.62. The van der Waals surface area contributed by atoms with Crippen LogP contribution in [0.15, 0.2) is 15.4 Å². The maximum absolute atomic E-state index is 12.6. The van der Waals surface area contributed by atoms with Crippen LogP contribution >= 0.6 is 0 Å². The first-order valence-electron chi connectivity index (χ1n) is 6.98. The molecule has 0 aliphatic heterocycles. The van der Waals surface area contributed by atoms with Crippen molar-refractivity contribution in [3.8, 4) is 0 Å². The first-order valence-corrected chi connectivity index (χ1v) is 8.46. The molecule has 0 aromatic carbocycles. The summed E-state index contributed by atoms with van der Waals surface area (Å²) in [4.78, 5) is 12.1. The van der Waals surface area contributed by atoms with E-state index in [-0.39, 0.29) is 28.6 Å². The van der Waals surface area contributed by atoms with E-state index in [1.807, 2.05) is 0 Å². The summed E-state index contributed by atoms with van der Waals surface area (Å²) in [6, 6.07) is 1.42. The quantitative estimate of drug-likeness (QED) is 0.833. The van der Waals surface area contributed by atoms with Gasteiger partial charge in [0.15, 0.2) is 5.82 Å². The molecule has 1 N–H and O–H groups in total. The second-order valence-electron chi connectivity index (χ2n) is 5.04. The van der Waals surface area contributed by atoms with E-state index in [9.17, 15) is 13.2 Å². The summed E-state index contributed by atoms with van der Waals surface area (Å²) in [6.07, 6.45) is 0. The normalized spacial score (nSPS) is 11.5. The van der Waals surface area contributed by atoms with Gasteiger partial charge in [-0.25, -0.2) is 13.2 Å². The van der Waals surface area contributed by atoms with Gasteiger partial charge in [-0.2, -0.15) is 5.10 Å². The first-order chi connectivity index (χ1) is 10.7. The van der Waals surface area contributed by atoms with Gasteiger partial charge >= 0.3 is 5.97 Å². The maximum atomic E-state index is 12.6. The molecule has 0 atom stereocenters. The maximum Gasteiger partial charge on any atom is 0.343 e. The lowest BCUT2D eigenvalue weighted by Gasteiger charge is -2.09. The van der Waals surface area contributed by atoms with E-state index >= 15 is 0 Å². The SMILES string of the molecule is CCOC(=O)c1c(C)nn(C)c1NS(=O)(=O)c1cc(C)oc1C. The zero-order chi connectivity index (χ0) is 17.4. The van der Waals surface area contributed by atoms with E-state index in [0.29, 0.717) is 11.5 Å². The molecule has 126 valence electrons. The molecule has 0 unspecified atom stereocenters. The molecule has 0 saturated carbocycles. The lowest BCUT2D eigenvalue weighted by Crippen LogP contribution is -2.18. The van der Waals surface area contributed by atoms with Crippen LogP contribution < -0.4 is 4.72 Å². The number of esters is 1. The van der Waals surface area contributed by atoms with Crippen LogP contribution in [-0.2, 0) is 21.8 Å². The minimum absolute atomic E-state index is 0.0173. The van der Waals surface area contributed by atoms with Crippen molar-refractivity contribution >= 4 is 21.8 Å². The van der Waals surface area contributed by atoms with E-state index in [4.69, 9.17) is 9.15 Å². The van der Waals surface area contributed by atoms with Crippen LogP contribution in [0.5, 0.6) is 0 Å². The summed E-state index contributed by atoms with van der Waals surface area (Å²) in [5.74, 6) is 0.177. The van der Waals surface area contributed by atoms with Crippen molar-refractivity contribution in [2.75, 3.05) is 11.3 Å². The summed E-state index contributed by atoms with van der Waals surface area (Å²) in [5, 5.41) is 4.09. The van der Waals surface area contributed by atoms with Gasteiger partial charge < -0.3 is 9.15 Å². The molecule has 2 heterocycles. The van der Waals surface area contributed by atoms with Crippen LogP contribution in [0.4, 0.5) is 5.82 Å². The topological polar surface area (TPSA) is 103 Å². The Kier molecular flexibility index (Phi) is 4.51. The smallest absolute Gasteiger partial charge is 0.343 e. The second-order valence-corrected chi connectivity index (χ2v) is 6.69.